The van der Waals surface area contributed by atoms with Gasteiger partial charge in [-0.15, -0.1) is 0 Å². The Morgan fingerprint density at radius 3 is 2.63 bits per heavy atom. The van der Waals surface area contributed by atoms with Crippen molar-refractivity contribution >= 4 is 17.4 Å². The molecule has 4 rings (SSSR count). The molecule has 1 aliphatic rings. The van der Waals surface area contributed by atoms with Crippen LogP contribution in [0.5, 0.6) is 0 Å². The van der Waals surface area contributed by atoms with E-state index in [1.54, 1.807) is 18.3 Å². The highest BCUT2D eigenvalue weighted by atomic mass is 16.1. The molecule has 0 saturated carbocycles. The highest BCUT2D eigenvalue weighted by molar-refractivity contribution is 6.11. The quantitative estimate of drug-likeness (QED) is 0.692. The molecule has 4 heterocycles. The van der Waals surface area contributed by atoms with E-state index in [1.807, 2.05) is 30.6 Å². The van der Waals surface area contributed by atoms with Gasteiger partial charge in [0.05, 0.1) is 5.56 Å². The molecule has 1 aliphatic heterocycles. The predicted octanol–water partition coefficient (Wildman–Crippen LogP) is 3.67. The van der Waals surface area contributed by atoms with Gasteiger partial charge >= 0.3 is 0 Å². The molecule has 3 aromatic heterocycles. The second kappa shape index (κ2) is 7.61. The summed E-state index contributed by atoms with van der Waals surface area (Å²) in [4.78, 5) is 27.2. The van der Waals surface area contributed by atoms with Gasteiger partial charge in [-0.3, -0.25) is 4.79 Å². The Bertz CT molecular complexity index is 928. The fourth-order valence-corrected chi connectivity index (χ4v) is 3.48. The van der Waals surface area contributed by atoms with Crippen molar-refractivity contribution < 1.29 is 4.79 Å². The molecule has 0 aliphatic carbocycles. The lowest BCUT2D eigenvalue weighted by molar-refractivity contribution is 0.103. The maximum absolute atomic E-state index is 13.1. The third-order valence-corrected chi connectivity index (χ3v) is 4.99. The van der Waals surface area contributed by atoms with Crippen LogP contribution in [-0.2, 0) is 0 Å². The average Bonchev–Trinajstić information content (AvgIpc) is 3.10. The van der Waals surface area contributed by atoms with Gasteiger partial charge in [0.1, 0.15) is 17.3 Å². The summed E-state index contributed by atoms with van der Waals surface area (Å²) in [5, 5.41) is 0. The summed E-state index contributed by atoms with van der Waals surface area (Å²) < 4.78 is 0. The van der Waals surface area contributed by atoms with Crippen LogP contribution in [0.25, 0.3) is 11.1 Å². The molecule has 6 nitrogen and oxygen atoms in total. The minimum atomic E-state index is -0.200. The number of hydrogen-bond donors (Lipinski definition) is 2. The molecular formula is C21H23N5O. The molecule has 3 aromatic rings. The summed E-state index contributed by atoms with van der Waals surface area (Å²) in [5.41, 5.74) is 8.59. The molecule has 0 radical (unpaired) electrons. The largest absolute Gasteiger partial charge is 0.383 e. The molecule has 0 atom stereocenters. The Labute approximate surface area is 158 Å². The molecule has 0 amide bonds. The number of carbonyl (C=O) groups excluding carboxylic acids is 1. The highest BCUT2D eigenvalue weighted by Crippen LogP contribution is 2.24. The summed E-state index contributed by atoms with van der Waals surface area (Å²) in [6.07, 6.45) is 10.2. The molecule has 27 heavy (non-hydrogen) atoms. The first-order chi connectivity index (χ1) is 13.2. The maximum Gasteiger partial charge on any atom is 0.215 e. The zero-order valence-corrected chi connectivity index (χ0v) is 15.2. The van der Waals surface area contributed by atoms with Crippen LogP contribution in [0.2, 0.25) is 0 Å². The van der Waals surface area contributed by atoms with Gasteiger partial charge in [0, 0.05) is 42.8 Å². The first-order valence-corrected chi connectivity index (χ1v) is 9.38. The fourth-order valence-electron chi connectivity index (χ4n) is 3.48. The standard InChI is InChI=1S/C21H23N5O/c22-21-17(12-16(14-24-21)15-8-9-23-13-15)20(27)18-6-5-7-19(25-18)26-10-3-1-2-4-11-26/h5-9,12-14,23H,1-4,10-11H2,(H2,22,24). The number of pyridine rings is 2. The van der Waals surface area contributed by atoms with Gasteiger partial charge in [0.25, 0.3) is 0 Å². The summed E-state index contributed by atoms with van der Waals surface area (Å²) in [6, 6.07) is 9.32. The van der Waals surface area contributed by atoms with Gasteiger partial charge in [0.2, 0.25) is 5.78 Å². The molecular weight excluding hydrogens is 338 g/mol. The van der Waals surface area contributed by atoms with Crippen LogP contribution in [0, 0.1) is 0 Å². The predicted molar refractivity (Wildman–Crippen MR) is 107 cm³/mol. The number of nitrogens with two attached hydrogens (primary N) is 1. The van der Waals surface area contributed by atoms with Gasteiger partial charge in [0.15, 0.2) is 0 Å². The topological polar surface area (TPSA) is 87.9 Å². The number of rotatable bonds is 4. The van der Waals surface area contributed by atoms with E-state index >= 15 is 0 Å². The highest BCUT2D eigenvalue weighted by Gasteiger charge is 2.18. The zero-order valence-electron chi connectivity index (χ0n) is 15.2. The SMILES string of the molecule is Nc1ncc(-c2cc[nH]c2)cc1C(=O)c1cccc(N2CCCCCC2)n1. The van der Waals surface area contributed by atoms with Gasteiger partial charge in [-0.05, 0) is 37.1 Å². The smallest absolute Gasteiger partial charge is 0.215 e. The lowest BCUT2D eigenvalue weighted by atomic mass is 10.0. The summed E-state index contributed by atoms with van der Waals surface area (Å²) in [7, 11) is 0. The molecule has 0 aromatic carbocycles. The lowest BCUT2D eigenvalue weighted by Crippen LogP contribution is -2.25. The minimum absolute atomic E-state index is 0.200. The first-order valence-electron chi connectivity index (χ1n) is 9.38. The number of aromatic amines is 1. The van der Waals surface area contributed by atoms with Gasteiger partial charge in [-0.25, -0.2) is 9.97 Å². The van der Waals surface area contributed by atoms with Crippen LogP contribution in [0.3, 0.4) is 0 Å². The van der Waals surface area contributed by atoms with Gasteiger partial charge in [-0.2, -0.15) is 0 Å². The van der Waals surface area contributed by atoms with E-state index in [0.29, 0.717) is 11.3 Å². The summed E-state index contributed by atoms with van der Waals surface area (Å²) >= 11 is 0. The van der Waals surface area contributed by atoms with Crippen LogP contribution in [0.15, 0.2) is 48.9 Å². The Balaban J connectivity index is 1.65. The number of hydrogen-bond acceptors (Lipinski definition) is 5. The van der Waals surface area contributed by atoms with E-state index in [-0.39, 0.29) is 11.6 Å². The Morgan fingerprint density at radius 1 is 1.07 bits per heavy atom. The van der Waals surface area contributed by atoms with Crippen molar-refractivity contribution in [2.75, 3.05) is 23.7 Å². The number of ketones is 1. The second-order valence-corrected chi connectivity index (χ2v) is 6.87. The van der Waals surface area contributed by atoms with Crippen molar-refractivity contribution in [2.45, 2.75) is 25.7 Å². The molecule has 138 valence electrons. The van der Waals surface area contributed by atoms with Crippen LogP contribution >= 0.6 is 0 Å². The number of anilines is 2. The van der Waals surface area contributed by atoms with E-state index in [0.717, 1.165) is 42.9 Å². The molecule has 0 spiro atoms. The normalized spacial score (nSPS) is 14.7. The third kappa shape index (κ3) is 3.69. The lowest BCUT2D eigenvalue weighted by Gasteiger charge is -2.21. The molecule has 3 N–H and O–H groups in total. The van der Waals surface area contributed by atoms with E-state index in [1.165, 1.54) is 12.8 Å². The average molecular weight is 361 g/mol. The van der Waals surface area contributed by atoms with Crippen LogP contribution < -0.4 is 10.6 Å². The summed E-state index contributed by atoms with van der Waals surface area (Å²) in [5.74, 6) is 0.881. The number of nitrogens with one attached hydrogen (secondary N) is 1. The van der Waals surface area contributed by atoms with Crippen molar-refractivity contribution in [3.05, 3.63) is 60.2 Å². The number of nitrogen functional groups attached to an aromatic ring is 1. The molecule has 0 bridgehead atoms. The Morgan fingerprint density at radius 2 is 1.89 bits per heavy atom. The number of carbonyl (C=O) groups is 1. The minimum Gasteiger partial charge on any atom is -0.383 e. The Hall–Kier alpha value is -3.15. The maximum atomic E-state index is 13.1. The van der Waals surface area contributed by atoms with Gasteiger partial charge in [-0.1, -0.05) is 18.9 Å². The molecule has 1 fully saturated rings. The zero-order chi connectivity index (χ0) is 18.6. The van der Waals surface area contributed by atoms with Crippen molar-refractivity contribution in [1.29, 1.82) is 0 Å². The molecule has 1 saturated heterocycles. The van der Waals surface area contributed by atoms with Crippen LogP contribution in [0.1, 0.15) is 41.7 Å². The first kappa shape index (κ1) is 17.3. The Kier molecular flexibility index (Phi) is 4.87. The molecule has 0 unspecified atom stereocenters. The number of aromatic nitrogens is 3. The number of H-pyrrole nitrogens is 1. The van der Waals surface area contributed by atoms with E-state index in [2.05, 4.69) is 19.9 Å². The van der Waals surface area contributed by atoms with Crippen molar-refractivity contribution in [3.63, 3.8) is 0 Å². The third-order valence-electron chi connectivity index (χ3n) is 4.99. The van der Waals surface area contributed by atoms with E-state index in [4.69, 9.17) is 5.73 Å². The number of nitrogens with zero attached hydrogens (tertiary/aromatic N) is 3. The van der Waals surface area contributed by atoms with Crippen LogP contribution in [-0.4, -0.2) is 33.8 Å². The van der Waals surface area contributed by atoms with Crippen LogP contribution in [0.4, 0.5) is 11.6 Å². The second-order valence-electron chi connectivity index (χ2n) is 6.87. The fraction of sp³-hybridized carbons (Fsp3) is 0.286. The monoisotopic (exact) mass is 361 g/mol. The van der Waals surface area contributed by atoms with Crippen molar-refractivity contribution in [3.8, 4) is 11.1 Å². The van der Waals surface area contributed by atoms with Crippen molar-refractivity contribution in [2.24, 2.45) is 0 Å². The van der Waals surface area contributed by atoms with E-state index in [9.17, 15) is 4.79 Å². The van der Waals surface area contributed by atoms with E-state index < -0.39 is 0 Å². The van der Waals surface area contributed by atoms with Crippen molar-refractivity contribution in [1.82, 2.24) is 15.0 Å². The molecule has 6 heteroatoms. The van der Waals surface area contributed by atoms with Gasteiger partial charge < -0.3 is 15.6 Å². The summed E-state index contributed by atoms with van der Waals surface area (Å²) in [6.45, 7) is 1.97.